The average molecular weight is 153 g/mol. The van der Waals surface area contributed by atoms with Crippen LogP contribution in [0, 0.1) is 23.7 Å². The lowest BCUT2D eigenvalue weighted by Gasteiger charge is -2.26. The van der Waals surface area contributed by atoms with Crippen LogP contribution in [-0.2, 0) is 0 Å². The SMILES string of the molecule is CC(CN)C1CCC2CC2C1. The summed E-state index contributed by atoms with van der Waals surface area (Å²) in [5.74, 6) is 3.99. The van der Waals surface area contributed by atoms with Gasteiger partial charge in [0.1, 0.15) is 0 Å². The molecule has 1 nitrogen and oxygen atoms in total. The van der Waals surface area contributed by atoms with Crippen LogP contribution in [0.3, 0.4) is 0 Å². The third-order valence-corrected chi connectivity index (χ3v) is 3.76. The van der Waals surface area contributed by atoms with Crippen LogP contribution in [0.1, 0.15) is 32.6 Å². The van der Waals surface area contributed by atoms with Gasteiger partial charge < -0.3 is 5.73 Å². The normalized spacial score (nSPS) is 44.7. The molecule has 4 atom stereocenters. The predicted molar refractivity (Wildman–Crippen MR) is 47.2 cm³/mol. The molecule has 0 saturated heterocycles. The highest BCUT2D eigenvalue weighted by atomic mass is 14.6. The van der Waals surface area contributed by atoms with Crippen LogP contribution in [0.15, 0.2) is 0 Å². The molecule has 2 N–H and O–H groups in total. The molecule has 2 aliphatic carbocycles. The van der Waals surface area contributed by atoms with Crippen molar-refractivity contribution >= 4 is 0 Å². The fraction of sp³-hybridized carbons (Fsp3) is 1.00. The van der Waals surface area contributed by atoms with E-state index in [4.69, 9.17) is 5.73 Å². The molecule has 2 saturated carbocycles. The van der Waals surface area contributed by atoms with Gasteiger partial charge in [0, 0.05) is 0 Å². The molecule has 64 valence electrons. The standard InChI is InChI=1S/C10H19N/c1-7(6-11)8-2-3-9-5-10(9)4-8/h7-10H,2-6,11H2,1H3. The van der Waals surface area contributed by atoms with Gasteiger partial charge in [0.05, 0.1) is 0 Å². The number of hydrogen-bond acceptors (Lipinski definition) is 1. The maximum absolute atomic E-state index is 5.66. The van der Waals surface area contributed by atoms with Crippen molar-refractivity contribution in [1.29, 1.82) is 0 Å². The van der Waals surface area contributed by atoms with Crippen molar-refractivity contribution in [3.8, 4) is 0 Å². The monoisotopic (exact) mass is 153 g/mol. The first-order valence-electron chi connectivity index (χ1n) is 5.01. The zero-order chi connectivity index (χ0) is 7.84. The first kappa shape index (κ1) is 7.60. The van der Waals surface area contributed by atoms with Gasteiger partial charge in [-0.25, -0.2) is 0 Å². The summed E-state index contributed by atoms with van der Waals surface area (Å²) >= 11 is 0. The van der Waals surface area contributed by atoms with Gasteiger partial charge in [-0.05, 0) is 55.9 Å². The van der Waals surface area contributed by atoms with Gasteiger partial charge in [-0.1, -0.05) is 6.92 Å². The minimum atomic E-state index is 0.775. The molecule has 11 heavy (non-hydrogen) atoms. The van der Waals surface area contributed by atoms with Crippen molar-refractivity contribution in [3.05, 3.63) is 0 Å². The third-order valence-electron chi connectivity index (χ3n) is 3.76. The van der Waals surface area contributed by atoms with E-state index in [0.29, 0.717) is 0 Å². The van der Waals surface area contributed by atoms with E-state index in [0.717, 1.165) is 30.2 Å². The third kappa shape index (κ3) is 1.44. The molecule has 1 heteroatoms. The van der Waals surface area contributed by atoms with Crippen molar-refractivity contribution in [2.45, 2.75) is 32.6 Å². The first-order valence-corrected chi connectivity index (χ1v) is 5.01. The summed E-state index contributed by atoms with van der Waals surface area (Å²) in [6.45, 7) is 3.20. The summed E-state index contributed by atoms with van der Waals surface area (Å²) in [5, 5.41) is 0. The van der Waals surface area contributed by atoms with Gasteiger partial charge in [0.25, 0.3) is 0 Å². The lowest BCUT2D eigenvalue weighted by Crippen LogP contribution is -2.23. The highest BCUT2D eigenvalue weighted by Crippen LogP contribution is 2.52. The molecule has 0 heterocycles. The van der Waals surface area contributed by atoms with E-state index >= 15 is 0 Å². The van der Waals surface area contributed by atoms with Gasteiger partial charge in [-0.15, -0.1) is 0 Å². The number of rotatable bonds is 2. The van der Waals surface area contributed by atoms with Crippen molar-refractivity contribution in [2.24, 2.45) is 29.4 Å². The molecule has 0 amide bonds. The molecular formula is C10H19N. The van der Waals surface area contributed by atoms with Gasteiger partial charge in [-0.3, -0.25) is 0 Å². The molecule has 2 aliphatic rings. The van der Waals surface area contributed by atoms with E-state index in [-0.39, 0.29) is 0 Å². The Morgan fingerprint density at radius 3 is 2.73 bits per heavy atom. The van der Waals surface area contributed by atoms with E-state index in [9.17, 15) is 0 Å². The Morgan fingerprint density at radius 1 is 1.27 bits per heavy atom. The van der Waals surface area contributed by atoms with Crippen molar-refractivity contribution < 1.29 is 0 Å². The molecule has 0 bridgehead atoms. The zero-order valence-corrected chi connectivity index (χ0v) is 7.42. The predicted octanol–water partition coefficient (Wildman–Crippen LogP) is 2.02. The molecule has 0 spiro atoms. The molecule has 0 aromatic heterocycles. The van der Waals surface area contributed by atoms with Crippen LogP contribution >= 0.6 is 0 Å². The quantitative estimate of drug-likeness (QED) is 0.645. The highest BCUT2D eigenvalue weighted by molar-refractivity contribution is 4.93. The second kappa shape index (κ2) is 2.78. The summed E-state index contributed by atoms with van der Waals surface area (Å²) in [7, 11) is 0. The first-order chi connectivity index (χ1) is 5.31. The Labute approximate surface area is 69.4 Å². The molecular weight excluding hydrogens is 134 g/mol. The minimum Gasteiger partial charge on any atom is -0.330 e. The van der Waals surface area contributed by atoms with E-state index in [1.807, 2.05) is 0 Å². The van der Waals surface area contributed by atoms with Crippen LogP contribution in [0.5, 0.6) is 0 Å². The maximum atomic E-state index is 5.66. The maximum Gasteiger partial charge on any atom is -0.00489 e. The topological polar surface area (TPSA) is 26.0 Å². The molecule has 2 fully saturated rings. The summed E-state index contributed by atoms with van der Waals surface area (Å²) < 4.78 is 0. The number of nitrogens with two attached hydrogens (primary N) is 1. The van der Waals surface area contributed by atoms with Crippen LogP contribution in [0.4, 0.5) is 0 Å². The van der Waals surface area contributed by atoms with E-state index in [1.54, 1.807) is 0 Å². The number of fused-ring (bicyclic) bond motifs is 1. The molecule has 0 radical (unpaired) electrons. The Hall–Kier alpha value is -0.0400. The van der Waals surface area contributed by atoms with Crippen molar-refractivity contribution in [2.75, 3.05) is 6.54 Å². The van der Waals surface area contributed by atoms with E-state index in [2.05, 4.69) is 6.92 Å². The number of hydrogen-bond donors (Lipinski definition) is 1. The van der Waals surface area contributed by atoms with Crippen molar-refractivity contribution in [3.63, 3.8) is 0 Å². The van der Waals surface area contributed by atoms with Crippen LogP contribution in [0.2, 0.25) is 0 Å². The smallest absolute Gasteiger partial charge is 0.00489 e. The van der Waals surface area contributed by atoms with Crippen LogP contribution in [-0.4, -0.2) is 6.54 Å². The largest absolute Gasteiger partial charge is 0.330 e. The van der Waals surface area contributed by atoms with E-state index < -0.39 is 0 Å². The van der Waals surface area contributed by atoms with Crippen LogP contribution in [0.25, 0.3) is 0 Å². The molecule has 2 rings (SSSR count). The Bertz CT molecular complexity index is 144. The van der Waals surface area contributed by atoms with Crippen molar-refractivity contribution in [1.82, 2.24) is 0 Å². The summed E-state index contributed by atoms with van der Waals surface area (Å²) in [6.07, 6.45) is 5.98. The molecule has 0 aliphatic heterocycles. The minimum absolute atomic E-state index is 0.775. The van der Waals surface area contributed by atoms with Crippen LogP contribution < -0.4 is 5.73 Å². The summed E-state index contributed by atoms with van der Waals surface area (Å²) in [4.78, 5) is 0. The fourth-order valence-electron chi connectivity index (χ4n) is 2.60. The fourth-order valence-corrected chi connectivity index (χ4v) is 2.60. The highest BCUT2D eigenvalue weighted by Gasteiger charge is 2.42. The Kier molecular flexibility index (Phi) is 1.92. The van der Waals surface area contributed by atoms with Gasteiger partial charge >= 0.3 is 0 Å². The van der Waals surface area contributed by atoms with E-state index in [1.165, 1.54) is 25.7 Å². The average Bonchev–Trinajstić information content (AvgIpc) is 2.80. The van der Waals surface area contributed by atoms with Gasteiger partial charge in [0.2, 0.25) is 0 Å². The lowest BCUT2D eigenvalue weighted by molar-refractivity contribution is 0.259. The van der Waals surface area contributed by atoms with Gasteiger partial charge in [0.15, 0.2) is 0 Å². The second-order valence-electron chi connectivity index (χ2n) is 4.54. The Balaban J connectivity index is 1.84. The molecule has 4 unspecified atom stereocenters. The Morgan fingerprint density at radius 2 is 2.09 bits per heavy atom. The molecule has 0 aromatic rings. The summed E-state index contributed by atoms with van der Waals surface area (Å²) in [5.41, 5.74) is 5.66. The molecule has 0 aromatic carbocycles. The lowest BCUT2D eigenvalue weighted by atomic mass is 9.81. The second-order valence-corrected chi connectivity index (χ2v) is 4.54. The van der Waals surface area contributed by atoms with Gasteiger partial charge in [-0.2, -0.15) is 0 Å². The summed E-state index contributed by atoms with van der Waals surface area (Å²) in [6, 6.07) is 0. The zero-order valence-electron chi connectivity index (χ0n) is 7.42.